The highest BCUT2D eigenvalue weighted by Crippen LogP contribution is 2.14. The maximum Gasteiger partial charge on any atom is 0.306 e. The molecule has 0 bridgehead atoms. The van der Waals surface area contributed by atoms with Crippen molar-refractivity contribution in [2.45, 2.75) is 19.8 Å². The fourth-order valence-electron chi connectivity index (χ4n) is 1.58. The van der Waals surface area contributed by atoms with Crippen LogP contribution in [-0.4, -0.2) is 36.5 Å². The molecule has 1 aromatic rings. The zero-order valence-corrected chi connectivity index (χ0v) is 12.3. The van der Waals surface area contributed by atoms with Gasteiger partial charge in [0.15, 0.2) is 6.61 Å². The second-order valence-corrected chi connectivity index (χ2v) is 4.49. The van der Waals surface area contributed by atoms with Gasteiger partial charge in [-0.3, -0.25) is 19.7 Å². The predicted octanol–water partition coefficient (Wildman–Crippen LogP) is 1.47. The van der Waals surface area contributed by atoms with Gasteiger partial charge in [0.1, 0.15) is 0 Å². The molecule has 0 heterocycles. The second-order valence-electron chi connectivity index (χ2n) is 4.49. The van der Waals surface area contributed by atoms with E-state index in [9.17, 15) is 19.7 Å². The molecule has 0 aliphatic rings. The number of carbonyl (C=O) groups is 2. The molecule has 0 aromatic heterocycles. The Morgan fingerprint density at radius 1 is 1.23 bits per heavy atom. The van der Waals surface area contributed by atoms with Crippen LogP contribution < -0.4 is 10.6 Å². The molecule has 0 unspecified atom stereocenters. The highest BCUT2D eigenvalue weighted by atomic mass is 16.6. The molecule has 0 saturated carbocycles. The number of benzene rings is 1. The fraction of sp³-hybridized carbons (Fsp3) is 0.429. The number of nitrogens with one attached hydrogen (secondary N) is 2. The maximum atomic E-state index is 11.4. The van der Waals surface area contributed by atoms with Crippen LogP contribution in [0, 0.1) is 10.1 Å². The molecule has 0 radical (unpaired) electrons. The van der Waals surface area contributed by atoms with Crippen molar-refractivity contribution in [2.24, 2.45) is 0 Å². The van der Waals surface area contributed by atoms with Gasteiger partial charge < -0.3 is 15.4 Å². The Balaban J connectivity index is 2.18. The number of amides is 1. The summed E-state index contributed by atoms with van der Waals surface area (Å²) >= 11 is 0. The number of nitrogens with zero attached hydrogens (tertiary/aromatic N) is 1. The van der Waals surface area contributed by atoms with Gasteiger partial charge in [0.05, 0.1) is 4.92 Å². The van der Waals surface area contributed by atoms with E-state index in [4.69, 9.17) is 4.74 Å². The molecule has 8 heteroatoms. The average Bonchev–Trinajstić information content (AvgIpc) is 2.50. The normalized spacial score (nSPS) is 9.86. The van der Waals surface area contributed by atoms with Gasteiger partial charge in [0.2, 0.25) is 0 Å². The fourth-order valence-corrected chi connectivity index (χ4v) is 1.58. The summed E-state index contributed by atoms with van der Waals surface area (Å²) < 4.78 is 4.76. The number of ether oxygens (including phenoxy) is 1. The Kier molecular flexibility index (Phi) is 7.38. The summed E-state index contributed by atoms with van der Waals surface area (Å²) in [5.74, 6) is -0.753. The first kappa shape index (κ1) is 17.4. The Bertz CT molecular complexity index is 516. The third kappa shape index (κ3) is 6.69. The average molecular weight is 309 g/mol. The first-order chi connectivity index (χ1) is 10.5. The van der Waals surface area contributed by atoms with Gasteiger partial charge in [-0.2, -0.15) is 0 Å². The lowest BCUT2D eigenvalue weighted by Gasteiger charge is -2.08. The molecule has 120 valence electrons. The van der Waals surface area contributed by atoms with Crippen molar-refractivity contribution < 1.29 is 19.2 Å². The van der Waals surface area contributed by atoms with Gasteiger partial charge in [0.25, 0.3) is 11.6 Å². The first-order valence-electron chi connectivity index (χ1n) is 6.93. The van der Waals surface area contributed by atoms with Crippen LogP contribution in [0.1, 0.15) is 19.8 Å². The van der Waals surface area contributed by atoms with Crippen LogP contribution in [0.2, 0.25) is 0 Å². The van der Waals surface area contributed by atoms with Gasteiger partial charge in [-0.05, 0) is 18.6 Å². The smallest absolute Gasteiger partial charge is 0.306 e. The van der Waals surface area contributed by atoms with Crippen LogP contribution >= 0.6 is 0 Å². The monoisotopic (exact) mass is 309 g/mol. The summed E-state index contributed by atoms with van der Waals surface area (Å²) in [6.07, 6.45) is 0.981. The standard InChI is InChI=1S/C14H19N3O5/c1-2-3-14(19)22-10-13(18)16-9-8-15-11-4-6-12(7-5-11)17(20)21/h4-7,15H,2-3,8-10H2,1H3,(H,16,18). The quantitative estimate of drug-likeness (QED) is 0.309. The summed E-state index contributed by atoms with van der Waals surface area (Å²) in [5, 5.41) is 16.1. The molecule has 0 fully saturated rings. The lowest BCUT2D eigenvalue weighted by atomic mass is 10.3. The Labute approximate surface area is 128 Å². The molecule has 8 nitrogen and oxygen atoms in total. The molecule has 0 aliphatic carbocycles. The van der Waals surface area contributed by atoms with Crippen molar-refractivity contribution in [3.63, 3.8) is 0 Å². The lowest BCUT2D eigenvalue weighted by molar-refractivity contribution is -0.384. The second kappa shape index (κ2) is 9.32. The molecule has 2 N–H and O–H groups in total. The summed E-state index contributed by atoms with van der Waals surface area (Å²) in [6, 6.07) is 5.97. The summed E-state index contributed by atoms with van der Waals surface area (Å²) in [6.45, 7) is 2.37. The third-order valence-electron chi connectivity index (χ3n) is 2.67. The molecule has 0 saturated heterocycles. The number of hydrogen-bond acceptors (Lipinski definition) is 6. The highest BCUT2D eigenvalue weighted by Gasteiger charge is 2.06. The van der Waals surface area contributed by atoms with Gasteiger partial charge in [0, 0.05) is 37.3 Å². The van der Waals surface area contributed by atoms with Crippen LogP contribution in [0.4, 0.5) is 11.4 Å². The molecule has 0 aliphatic heterocycles. The van der Waals surface area contributed by atoms with Gasteiger partial charge in [-0.15, -0.1) is 0 Å². The van der Waals surface area contributed by atoms with Crippen molar-refractivity contribution in [2.75, 3.05) is 25.0 Å². The van der Waals surface area contributed by atoms with E-state index in [1.165, 1.54) is 12.1 Å². The number of nitro benzene ring substituents is 1. The number of non-ortho nitro benzene ring substituents is 1. The van der Waals surface area contributed by atoms with Gasteiger partial charge >= 0.3 is 5.97 Å². The number of rotatable bonds is 9. The van der Waals surface area contributed by atoms with Crippen LogP contribution in [0.25, 0.3) is 0 Å². The number of carbonyl (C=O) groups excluding carboxylic acids is 2. The SMILES string of the molecule is CCCC(=O)OCC(=O)NCCNc1ccc([N+](=O)[O-])cc1. The molecule has 1 amide bonds. The van der Waals surface area contributed by atoms with Crippen molar-refractivity contribution in [1.82, 2.24) is 5.32 Å². The Morgan fingerprint density at radius 2 is 1.91 bits per heavy atom. The molecular formula is C14H19N3O5. The highest BCUT2D eigenvalue weighted by molar-refractivity contribution is 5.80. The van der Waals surface area contributed by atoms with E-state index in [0.717, 1.165) is 0 Å². The minimum atomic E-state index is -0.468. The Morgan fingerprint density at radius 3 is 2.50 bits per heavy atom. The molecular weight excluding hydrogens is 290 g/mol. The van der Waals surface area contributed by atoms with Crippen LogP contribution in [0.3, 0.4) is 0 Å². The van der Waals surface area contributed by atoms with E-state index < -0.39 is 4.92 Å². The number of esters is 1. The van der Waals surface area contributed by atoms with Crippen molar-refractivity contribution in [3.05, 3.63) is 34.4 Å². The van der Waals surface area contributed by atoms with Crippen LogP contribution in [-0.2, 0) is 14.3 Å². The van der Waals surface area contributed by atoms with Crippen LogP contribution in [0.5, 0.6) is 0 Å². The third-order valence-corrected chi connectivity index (χ3v) is 2.67. The van der Waals surface area contributed by atoms with Crippen LogP contribution in [0.15, 0.2) is 24.3 Å². The zero-order valence-electron chi connectivity index (χ0n) is 12.3. The van der Waals surface area contributed by atoms with Gasteiger partial charge in [-0.1, -0.05) is 6.92 Å². The van der Waals surface area contributed by atoms with Crippen molar-refractivity contribution in [1.29, 1.82) is 0 Å². The van der Waals surface area contributed by atoms with E-state index in [1.54, 1.807) is 12.1 Å². The first-order valence-corrected chi connectivity index (χ1v) is 6.93. The minimum Gasteiger partial charge on any atom is -0.456 e. The summed E-state index contributed by atoms with van der Waals surface area (Å²) in [5.41, 5.74) is 0.738. The summed E-state index contributed by atoms with van der Waals surface area (Å²) in [7, 11) is 0. The van der Waals surface area contributed by atoms with E-state index in [-0.39, 0.29) is 24.2 Å². The zero-order chi connectivity index (χ0) is 16.4. The molecule has 22 heavy (non-hydrogen) atoms. The number of anilines is 1. The molecule has 0 atom stereocenters. The van der Waals surface area contributed by atoms with Gasteiger partial charge in [-0.25, -0.2) is 0 Å². The van der Waals surface area contributed by atoms with E-state index in [2.05, 4.69) is 10.6 Å². The minimum absolute atomic E-state index is 0.0211. The van der Waals surface area contributed by atoms with E-state index >= 15 is 0 Å². The largest absolute Gasteiger partial charge is 0.456 e. The predicted molar refractivity (Wildman–Crippen MR) is 80.5 cm³/mol. The molecule has 1 aromatic carbocycles. The Hall–Kier alpha value is -2.64. The topological polar surface area (TPSA) is 111 Å². The van der Waals surface area contributed by atoms with Crippen molar-refractivity contribution >= 4 is 23.3 Å². The summed E-state index contributed by atoms with van der Waals surface area (Å²) in [4.78, 5) is 32.5. The van der Waals surface area contributed by atoms with Crippen molar-refractivity contribution in [3.8, 4) is 0 Å². The molecule has 1 rings (SSSR count). The van der Waals surface area contributed by atoms with E-state index in [0.29, 0.717) is 31.6 Å². The maximum absolute atomic E-state index is 11.4. The number of nitro groups is 1. The number of hydrogen-bond donors (Lipinski definition) is 2. The lowest BCUT2D eigenvalue weighted by Crippen LogP contribution is -2.32. The van der Waals surface area contributed by atoms with E-state index in [1.807, 2.05) is 6.92 Å². The molecule has 0 spiro atoms.